The lowest BCUT2D eigenvalue weighted by molar-refractivity contribution is 0.0733. The van der Waals surface area contributed by atoms with Crippen LogP contribution < -0.4 is 4.74 Å². The number of aliphatic hydroxyl groups is 1. The highest BCUT2D eigenvalue weighted by Gasteiger charge is 2.38. The molecule has 0 unspecified atom stereocenters. The Bertz CT molecular complexity index is 1110. The van der Waals surface area contributed by atoms with Crippen LogP contribution in [-0.4, -0.2) is 80.3 Å². The van der Waals surface area contributed by atoms with E-state index in [4.69, 9.17) is 9.47 Å². The molecule has 3 rings (SSSR count). The van der Waals surface area contributed by atoms with E-state index in [1.807, 2.05) is 32.3 Å². The van der Waals surface area contributed by atoms with E-state index in [9.17, 15) is 13.5 Å². The molecular weight excluding hydrogens is 454 g/mol. The van der Waals surface area contributed by atoms with Crippen LogP contribution in [0.2, 0.25) is 0 Å². The Hall–Kier alpha value is -2.48. The number of benzene rings is 1. The van der Waals surface area contributed by atoms with Gasteiger partial charge in [-0.1, -0.05) is 24.8 Å². The number of methoxy groups -OCH3 is 1. The predicted octanol–water partition coefficient (Wildman–Crippen LogP) is 1.98. The molecule has 3 atom stereocenters. The molecule has 8 nitrogen and oxygen atoms in total. The smallest absolute Gasteiger partial charge is 0.247 e. The molecule has 0 spiro atoms. The van der Waals surface area contributed by atoms with E-state index in [-0.39, 0.29) is 42.4 Å². The summed E-state index contributed by atoms with van der Waals surface area (Å²) in [5, 5.41) is 9.77. The Kier molecular flexibility index (Phi) is 9.05. The molecule has 184 valence electrons. The predicted molar refractivity (Wildman–Crippen MR) is 130 cm³/mol. The van der Waals surface area contributed by atoms with Gasteiger partial charge in [0.25, 0.3) is 0 Å². The first-order chi connectivity index (χ1) is 16.3. The van der Waals surface area contributed by atoms with Crippen molar-refractivity contribution in [1.82, 2.24) is 14.2 Å². The number of fused-ring (bicyclic) bond motifs is 1. The van der Waals surface area contributed by atoms with E-state index in [0.717, 1.165) is 5.56 Å². The summed E-state index contributed by atoms with van der Waals surface area (Å²) in [5.74, 6) is 6.01. The van der Waals surface area contributed by atoms with Gasteiger partial charge in [0.15, 0.2) is 0 Å². The number of ether oxygens (including phenoxy) is 2. The maximum absolute atomic E-state index is 13.5. The summed E-state index contributed by atoms with van der Waals surface area (Å²) in [6.45, 7) is 5.19. The lowest BCUT2D eigenvalue weighted by Gasteiger charge is -2.37. The first-order valence-corrected chi connectivity index (χ1v) is 12.7. The highest BCUT2D eigenvalue weighted by atomic mass is 32.2. The van der Waals surface area contributed by atoms with Crippen LogP contribution in [0.15, 0.2) is 47.6 Å². The van der Waals surface area contributed by atoms with Gasteiger partial charge in [0.2, 0.25) is 10.0 Å². The van der Waals surface area contributed by atoms with E-state index in [1.165, 1.54) is 10.4 Å². The third kappa shape index (κ3) is 6.34. The fourth-order valence-corrected chi connectivity index (χ4v) is 5.73. The molecule has 0 aliphatic carbocycles. The molecular formula is C25H33N3O5S. The molecule has 1 aromatic heterocycles. The minimum absolute atomic E-state index is 0.0805. The summed E-state index contributed by atoms with van der Waals surface area (Å²) in [7, 11) is -0.310. The van der Waals surface area contributed by atoms with Gasteiger partial charge in [-0.25, -0.2) is 8.42 Å². The molecule has 2 heterocycles. The van der Waals surface area contributed by atoms with Gasteiger partial charge in [0.05, 0.1) is 6.61 Å². The lowest BCUT2D eigenvalue weighted by atomic mass is 10.0. The Balaban J connectivity index is 1.97. The molecule has 0 radical (unpaired) electrons. The maximum atomic E-state index is 13.5. The Morgan fingerprint density at radius 1 is 1.38 bits per heavy atom. The van der Waals surface area contributed by atoms with E-state index < -0.39 is 16.1 Å². The molecule has 0 saturated carbocycles. The van der Waals surface area contributed by atoms with Crippen LogP contribution in [0.1, 0.15) is 25.0 Å². The normalized spacial score (nSPS) is 20.9. The van der Waals surface area contributed by atoms with Crippen LogP contribution in [0.4, 0.5) is 0 Å². The molecule has 1 aliphatic rings. The Morgan fingerprint density at radius 2 is 2.18 bits per heavy atom. The highest BCUT2D eigenvalue weighted by Crippen LogP contribution is 2.34. The number of aromatic nitrogens is 1. The minimum Gasteiger partial charge on any atom is -0.487 e. The highest BCUT2D eigenvalue weighted by molar-refractivity contribution is 7.89. The van der Waals surface area contributed by atoms with Crippen molar-refractivity contribution >= 4 is 10.0 Å². The first kappa shape index (κ1) is 26.1. The first-order valence-electron chi connectivity index (χ1n) is 11.2. The third-order valence-corrected chi connectivity index (χ3v) is 7.80. The van der Waals surface area contributed by atoms with Gasteiger partial charge in [0, 0.05) is 56.7 Å². The van der Waals surface area contributed by atoms with Crippen LogP contribution in [0.25, 0.3) is 0 Å². The van der Waals surface area contributed by atoms with Crippen molar-refractivity contribution < 1.29 is 23.0 Å². The zero-order chi connectivity index (χ0) is 24.7. The number of pyridine rings is 1. The molecule has 0 saturated heterocycles. The monoisotopic (exact) mass is 487 g/mol. The number of nitrogens with zero attached hydrogens (tertiary/aromatic N) is 3. The van der Waals surface area contributed by atoms with E-state index in [0.29, 0.717) is 18.7 Å². The zero-order valence-corrected chi connectivity index (χ0v) is 21.0. The standard InChI is InChI=1S/C25H33N3O5S/c1-19-15-28(20(2)18-29)34(30,31)25-10-9-21(8-6-12-32-4)13-23(25)33-24(19)17-27(3)16-22-7-5-11-26-14-22/h5,7,9-11,13-14,19-20,24,29H,12,15-18H2,1-4H3/t19-,20+,24-/m0/s1. The molecule has 9 heteroatoms. The largest absolute Gasteiger partial charge is 0.487 e. The zero-order valence-electron chi connectivity index (χ0n) is 20.1. The minimum atomic E-state index is -3.88. The van der Waals surface area contributed by atoms with Crippen molar-refractivity contribution in [3.05, 3.63) is 53.9 Å². The summed E-state index contributed by atoms with van der Waals surface area (Å²) >= 11 is 0. The Morgan fingerprint density at radius 3 is 2.85 bits per heavy atom. The second-order valence-corrected chi connectivity index (χ2v) is 10.6. The molecule has 2 aromatic rings. The summed E-state index contributed by atoms with van der Waals surface area (Å²) in [6, 6.07) is 8.23. The van der Waals surface area contributed by atoms with Gasteiger partial charge in [-0.2, -0.15) is 4.31 Å². The fraction of sp³-hybridized carbons (Fsp3) is 0.480. The van der Waals surface area contributed by atoms with Gasteiger partial charge in [-0.3, -0.25) is 9.88 Å². The Labute approximate surface area is 202 Å². The SMILES string of the molecule is COCC#Cc1ccc2c(c1)O[C@@H](CN(C)Cc1cccnc1)[C@@H](C)CN([C@H](C)CO)S2(=O)=O. The molecule has 0 bridgehead atoms. The van der Waals surface area contributed by atoms with Crippen LogP contribution in [0, 0.1) is 17.8 Å². The van der Waals surface area contributed by atoms with Crippen LogP contribution >= 0.6 is 0 Å². The second-order valence-electron chi connectivity index (χ2n) is 8.69. The third-order valence-electron chi connectivity index (χ3n) is 5.78. The quantitative estimate of drug-likeness (QED) is 0.597. The van der Waals surface area contributed by atoms with Gasteiger partial charge in [-0.05, 0) is 43.8 Å². The van der Waals surface area contributed by atoms with Crippen molar-refractivity contribution in [3.8, 4) is 17.6 Å². The van der Waals surface area contributed by atoms with Gasteiger partial charge < -0.3 is 14.6 Å². The average Bonchev–Trinajstić information content (AvgIpc) is 2.81. The van der Waals surface area contributed by atoms with Gasteiger partial charge in [-0.15, -0.1) is 0 Å². The second kappa shape index (κ2) is 11.8. The molecule has 1 aliphatic heterocycles. The van der Waals surface area contributed by atoms with Crippen LogP contribution in [-0.2, 0) is 21.3 Å². The number of likely N-dealkylation sites (N-methyl/N-ethyl adjacent to an activating group) is 1. The molecule has 0 fully saturated rings. The lowest BCUT2D eigenvalue weighted by Crippen LogP contribution is -2.49. The van der Waals surface area contributed by atoms with Crippen molar-refractivity contribution in [1.29, 1.82) is 0 Å². The number of hydrogen-bond donors (Lipinski definition) is 1. The van der Waals surface area contributed by atoms with Gasteiger partial charge >= 0.3 is 0 Å². The number of rotatable bonds is 7. The summed E-state index contributed by atoms with van der Waals surface area (Å²) in [4.78, 5) is 6.39. The molecule has 1 aromatic carbocycles. The number of aliphatic hydroxyl groups excluding tert-OH is 1. The van der Waals surface area contributed by atoms with Crippen LogP contribution in [0.3, 0.4) is 0 Å². The molecule has 0 amide bonds. The fourth-order valence-electron chi connectivity index (χ4n) is 3.91. The van der Waals surface area contributed by atoms with E-state index in [2.05, 4.69) is 21.7 Å². The molecule has 1 N–H and O–H groups in total. The summed E-state index contributed by atoms with van der Waals surface area (Å²) in [6.07, 6.45) is 3.29. The topological polar surface area (TPSA) is 92.2 Å². The van der Waals surface area contributed by atoms with Crippen molar-refractivity contribution in [2.45, 2.75) is 37.4 Å². The van der Waals surface area contributed by atoms with Crippen molar-refractivity contribution in [3.63, 3.8) is 0 Å². The van der Waals surface area contributed by atoms with E-state index >= 15 is 0 Å². The van der Waals surface area contributed by atoms with E-state index in [1.54, 1.807) is 32.4 Å². The van der Waals surface area contributed by atoms with Crippen LogP contribution in [0.5, 0.6) is 5.75 Å². The summed E-state index contributed by atoms with van der Waals surface area (Å²) < 4.78 is 39.8. The maximum Gasteiger partial charge on any atom is 0.247 e. The average molecular weight is 488 g/mol. The van der Waals surface area contributed by atoms with Crippen molar-refractivity contribution in [2.75, 3.05) is 40.5 Å². The number of sulfonamides is 1. The summed E-state index contributed by atoms with van der Waals surface area (Å²) in [5.41, 5.74) is 1.72. The number of hydrogen-bond acceptors (Lipinski definition) is 7. The van der Waals surface area contributed by atoms with Crippen molar-refractivity contribution in [2.24, 2.45) is 5.92 Å². The van der Waals surface area contributed by atoms with Gasteiger partial charge in [0.1, 0.15) is 23.4 Å². The molecule has 34 heavy (non-hydrogen) atoms.